The van der Waals surface area contributed by atoms with Crippen LogP contribution >= 0.6 is 11.6 Å². The Morgan fingerprint density at radius 3 is 2.70 bits per heavy atom. The summed E-state index contributed by atoms with van der Waals surface area (Å²) in [4.78, 5) is 19.8. The van der Waals surface area contributed by atoms with Crippen LogP contribution in [0.2, 0.25) is 5.02 Å². The van der Waals surface area contributed by atoms with E-state index in [1.807, 2.05) is 12.1 Å². The quantitative estimate of drug-likeness (QED) is 0.626. The highest BCUT2D eigenvalue weighted by atomic mass is 35.5. The number of pyridine rings is 1. The molecule has 0 amide bonds. The average Bonchev–Trinajstić information content (AvgIpc) is 3.29. The molecule has 1 aromatic carbocycles. The van der Waals surface area contributed by atoms with E-state index >= 15 is 0 Å². The van der Waals surface area contributed by atoms with Crippen molar-refractivity contribution in [3.63, 3.8) is 0 Å². The standard InChI is InChI=1S/C21H20ClFN6O/c22-14-2-6-20(24-10-14)27-17-9-13-1-4-19(17)28(11-13)18-5-3-16(23)21(15(18)12-30)29-25-7-8-26-29/h2-3,5-8,10,12-13,17,19H,1,4,9,11H2,(H,24,27)/t13-,17-,19+/m1/s1. The lowest BCUT2D eigenvalue weighted by Crippen LogP contribution is -2.58. The molecule has 1 N–H and O–H groups in total. The van der Waals surface area contributed by atoms with Crippen molar-refractivity contribution >= 4 is 29.4 Å². The van der Waals surface area contributed by atoms with Crippen LogP contribution in [-0.2, 0) is 0 Å². The number of rotatable bonds is 5. The first kappa shape index (κ1) is 19.0. The van der Waals surface area contributed by atoms with Crippen LogP contribution in [0, 0.1) is 11.7 Å². The number of aldehydes is 1. The minimum atomic E-state index is -0.528. The first-order valence-electron chi connectivity index (χ1n) is 9.93. The second-order valence-electron chi connectivity index (χ2n) is 7.78. The second kappa shape index (κ2) is 7.68. The molecule has 1 saturated carbocycles. The maximum atomic E-state index is 14.6. The number of hydrogen-bond donors (Lipinski definition) is 1. The smallest absolute Gasteiger partial charge is 0.154 e. The Morgan fingerprint density at radius 1 is 1.17 bits per heavy atom. The Morgan fingerprint density at radius 2 is 2.00 bits per heavy atom. The van der Waals surface area contributed by atoms with Gasteiger partial charge in [-0.25, -0.2) is 9.37 Å². The minimum Gasteiger partial charge on any atom is -0.366 e. The molecule has 0 radical (unpaired) electrons. The van der Waals surface area contributed by atoms with Crippen LogP contribution in [0.3, 0.4) is 0 Å². The summed E-state index contributed by atoms with van der Waals surface area (Å²) in [6.07, 6.45) is 8.39. The van der Waals surface area contributed by atoms with Crippen molar-refractivity contribution in [3.8, 4) is 5.69 Å². The van der Waals surface area contributed by atoms with Gasteiger partial charge >= 0.3 is 0 Å². The summed E-state index contributed by atoms with van der Waals surface area (Å²) >= 11 is 5.95. The molecule has 3 aromatic rings. The fourth-order valence-corrected chi connectivity index (χ4v) is 4.86. The summed E-state index contributed by atoms with van der Waals surface area (Å²) in [7, 11) is 0. The first-order valence-corrected chi connectivity index (χ1v) is 10.3. The molecule has 9 heteroatoms. The van der Waals surface area contributed by atoms with E-state index in [4.69, 9.17) is 11.6 Å². The van der Waals surface area contributed by atoms with Gasteiger partial charge in [-0.15, -0.1) is 4.80 Å². The Kier molecular flexibility index (Phi) is 4.86. The number of halogens is 2. The molecule has 1 aliphatic carbocycles. The van der Waals surface area contributed by atoms with Crippen LogP contribution in [0.1, 0.15) is 29.6 Å². The SMILES string of the molecule is O=Cc1c(N2C[C@@H]3CC[C@H]2[C@H](Nc2ccc(Cl)cn2)C3)ccc(F)c1-n1nccn1. The predicted octanol–water partition coefficient (Wildman–Crippen LogP) is 3.74. The average molecular weight is 427 g/mol. The highest BCUT2D eigenvalue weighted by molar-refractivity contribution is 6.30. The van der Waals surface area contributed by atoms with Crippen LogP contribution in [0.5, 0.6) is 0 Å². The molecule has 6 rings (SSSR count). The number of hydrogen-bond acceptors (Lipinski definition) is 6. The maximum Gasteiger partial charge on any atom is 0.154 e. The van der Waals surface area contributed by atoms with Crippen molar-refractivity contribution in [1.29, 1.82) is 0 Å². The number of nitrogens with zero attached hydrogens (tertiary/aromatic N) is 5. The molecule has 2 aliphatic heterocycles. The van der Waals surface area contributed by atoms with Crippen LogP contribution in [-0.4, -0.2) is 44.9 Å². The van der Waals surface area contributed by atoms with Crippen molar-refractivity contribution in [2.75, 3.05) is 16.8 Å². The zero-order valence-electron chi connectivity index (χ0n) is 16.1. The number of piperidine rings is 2. The molecule has 7 nitrogen and oxygen atoms in total. The molecule has 0 unspecified atom stereocenters. The van der Waals surface area contributed by atoms with Crippen LogP contribution < -0.4 is 10.2 Å². The van der Waals surface area contributed by atoms with Gasteiger partial charge in [0.15, 0.2) is 12.1 Å². The number of nitrogens with one attached hydrogen (secondary N) is 1. The van der Waals surface area contributed by atoms with Crippen LogP contribution in [0.25, 0.3) is 5.69 Å². The molecule has 2 bridgehead atoms. The summed E-state index contributed by atoms with van der Waals surface area (Å²) < 4.78 is 14.6. The second-order valence-corrected chi connectivity index (χ2v) is 8.21. The van der Waals surface area contributed by atoms with Gasteiger partial charge in [0.25, 0.3) is 0 Å². The highest BCUT2D eigenvalue weighted by Gasteiger charge is 2.42. The highest BCUT2D eigenvalue weighted by Crippen LogP contribution is 2.41. The van der Waals surface area contributed by atoms with E-state index in [0.29, 0.717) is 22.9 Å². The Balaban J connectivity index is 1.50. The third kappa shape index (κ3) is 3.31. The summed E-state index contributed by atoms with van der Waals surface area (Å²) in [5.41, 5.74) is 1.06. The predicted molar refractivity (Wildman–Crippen MR) is 112 cm³/mol. The lowest BCUT2D eigenvalue weighted by Gasteiger charge is -2.51. The molecule has 3 atom stereocenters. The first-order chi connectivity index (χ1) is 14.6. The van der Waals surface area contributed by atoms with Crippen LogP contribution in [0.15, 0.2) is 42.9 Å². The lowest BCUT2D eigenvalue weighted by molar-refractivity contribution is 0.112. The van der Waals surface area contributed by atoms with Gasteiger partial charge in [0.2, 0.25) is 0 Å². The topological polar surface area (TPSA) is 75.9 Å². The third-order valence-electron chi connectivity index (χ3n) is 6.03. The molecule has 3 fully saturated rings. The molecule has 4 heterocycles. The van der Waals surface area contributed by atoms with Gasteiger partial charge in [0.1, 0.15) is 11.5 Å². The summed E-state index contributed by atoms with van der Waals surface area (Å²) in [5, 5.41) is 12.2. The summed E-state index contributed by atoms with van der Waals surface area (Å²) in [6.45, 7) is 0.829. The molecule has 2 saturated heterocycles. The molecular formula is C21H20ClFN6O. The Bertz CT molecular complexity index is 1060. The van der Waals surface area contributed by atoms with Gasteiger partial charge in [-0.05, 0) is 49.4 Å². The number of fused-ring (bicyclic) bond motifs is 3. The van der Waals surface area contributed by atoms with Crippen LogP contribution in [0.4, 0.5) is 15.9 Å². The largest absolute Gasteiger partial charge is 0.366 e. The van der Waals surface area contributed by atoms with Gasteiger partial charge in [0, 0.05) is 24.8 Å². The fraction of sp³-hybridized carbons (Fsp3) is 0.333. The summed E-state index contributed by atoms with van der Waals surface area (Å²) in [6, 6.07) is 7.07. The van der Waals surface area contributed by atoms with E-state index in [1.54, 1.807) is 12.3 Å². The van der Waals surface area contributed by atoms with E-state index in [0.717, 1.165) is 36.4 Å². The molecule has 154 valence electrons. The Hall–Kier alpha value is -3.00. The third-order valence-corrected chi connectivity index (χ3v) is 6.25. The van der Waals surface area contributed by atoms with E-state index in [9.17, 15) is 9.18 Å². The van der Waals surface area contributed by atoms with Crippen molar-refractivity contribution in [1.82, 2.24) is 20.0 Å². The molecule has 2 aromatic heterocycles. The van der Waals surface area contributed by atoms with Gasteiger partial charge in [-0.3, -0.25) is 4.79 Å². The van der Waals surface area contributed by atoms with Gasteiger partial charge in [-0.2, -0.15) is 10.2 Å². The lowest BCUT2D eigenvalue weighted by atomic mass is 9.76. The van der Waals surface area contributed by atoms with Gasteiger partial charge < -0.3 is 10.2 Å². The number of benzene rings is 1. The Labute approximate surface area is 177 Å². The minimum absolute atomic E-state index is 0.0813. The normalized spacial score (nSPS) is 22.9. The van der Waals surface area contributed by atoms with E-state index in [1.165, 1.54) is 18.5 Å². The molecule has 0 spiro atoms. The van der Waals surface area contributed by atoms with E-state index < -0.39 is 5.82 Å². The van der Waals surface area contributed by atoms with Crippen molar-refractivity contribution in [2.24, 2.45) is 5.92 Å². The molecule has 3 aliphatic rings. The van der Waals surface area contributed by atoms with Crippen molar-refractivity contribution < 1.29 is 9.18 Å². The fourth-order valence-electron chi connectivity index (χ4n) is 4.75. The number of aromatic nitrogens is 4. The molecule has 30 heavy (non-hydrogen) atoms. The van der Waals surface area contributed by atoms with Crippen molar-refractivity contribution in [2.45, 2.75) is 31.3 Å². The number of carbonyl (C=O) groups excluding carboxylic acids is 1. The van der Waals surface area contributed by atoms with E-state index in [-0.39, 0.29) is 23.3 Å². The maximum absolute atomic E-state index is 14.6. The monoisotopic (exact) mass is 426 g/mol. The zero-order valence-corrected chi connectivity index (χ0v) is 16.8. The number of carbonyl (C=O) groups is 1. The molecular weight excluding hydrogens is 407 g/mol. The summed E-state index contributed by atoms with van der Waals surface area (Å²) in [5.74, 6) is 0.725. The van der Waals surface area contributed by atoms with Gasteiger partial charge in [-0.1, -0.05) is 11.6 Å². The van der Waals surface area contributed by atoms with Gasteiger partial charge in [0.05, 0.1) is 28.7 Å². The number of anilines is 2. The van der Waals surface area contributed by atoms with Crippen molar-refractivity contribution in [3.05, 3.63) is 59.3 Å². The van der Waals surface area contributed by atoms with E-state index in [2.05, 4.69) is 25.4 Å². The zero-order chi connectivity index (χ0) is 20.7.